The summed E-state index contributed by atoms with van der Waals surface area (Å²) in [4.78, 5) is 21.9. The number of hydrogen-bond donors (Lipinski definition) is 1. The summed E-state index contributed by atoms with van der Waals surface area (Å²) in [5.74, 6) is -0.152. The largest absolute Gasteiger partial charge is 0.345 e. The first-order valence-corrected chi connectivity index (χ1v) is 10.4. The van der Waals surface area contributed by atoms with Gasteiger partial charge in [-0.05, 0) is 50.1 Å². The second-order valence-electron chi connectivity index (χ2n) is 7.78. The smallest absolute Gasteiger partial charge is 0.270 e. The first kappa shape index (κ1) is 18.5. The van der Waals surface area contributed by atoms with Gasteiger partial charge in [0.25, 0.3) is 5.91 Å². The number of carbonyl (C=O) groups is 1. The van der Waals surface area contributed by atoms with Crippen molar-refractivity contribution in [2.45, 2.75) is 45.2 Å². The molecule has 1 aliphatic carbocycles. The molecule has 0 saturated heterocycles. The molecule has 0 bridgehead atoms. The SMILES string of the molecule is Cc1nc2ccccn2c1C(=O)NCc1cc(-c2ccccn2)n(C2CCCC2)n1. The summed E-state index contributed by atoms with van der Waals surface area (Å²) >= 11 is 0. The molecule has 1 aliphatic rings. The maximum Gasteiger partial charge on any atom is 0.270 e. The number of rotatable bonds is 5. The van der Waals surface area contributed by atoms with Crippen LogP contribution in [0.4, 0.5) is 0 Å². The van der Waals surface area contributed by atoms with Gasteiger partial charge < -0.3 is 5.32 Å². The Bertz CT molecular complexity index is 1190. The number of pyridine rings is 2. The summed E-state index contributed by atoms with van der Waals surface area (Å²) in [5.41, 5.74) is 4.80. The molecule has 0 unspecified atom stereocenters. The van der Waals surface area contributed by atoms with Gasteiger partial charge in [-0.1, -0.05) is 25.0 Å². The van der Waals surface area contributed by atoms with E-state index in [0.29, 0.717) is 24.0 Å². The predicted octanol–water partition coefficient (Wildman–Crippen LogP) is 3.95. The molecule has 0 spiro atoms. The average molecular weight is 400 g/mol. The molecule has 4 aromatic heterocycles. The topological polar surface area (TPSA) is 77.1 Å². The molecule has 1 fully saturated rings. The van der Waals surface area contributed by atoms with Crippen LogP contribution in [0.15, 0.2) is 54.9 Å². The van der Waals surface area contributed by atoms with Crippen LogP contribution in [0.5, 0.6) is 0 Å². The van der Waals surface area contributed by atoms with Gasteiger partial charge in [-0.15, -0.1) is 0 Å². The normalized spacial score (nSPS) is 14.4. The Labute approximate surface area is 174 Å². The highest BCUT2D eigenvalue weighted by atomic mass is 16.1. The third-order valence-electron chi connectivity index (χ3n) is 5.73. The zero-order valence-electron chi connectivity index (χ0n) is 17.0. The Morgan fingerprint density at radius 2 is 2.00 bits per heavy atom. The zero-order chi connectivity index (χ0) is 20.5. The molecule has 0 aromatic carbocycles. The van der Waals surface area contributed by atoms with E-state index in [1.807, 2.05) is 60.0 Å². The fraction of sp³-hybridized carbons (Fsp3) is 0.304. The molecule has 1 saturated carbocycles. The number of carbonyl (C=O) groups excluding carboxylic acids is 1. The molecule has 4 aromatic rings. The number of aromatic nitrogens is 5. The average Bonchev–Trinajstić information content (AvgIpc) is 3.50. The van der Waals surface area contributed by atoms with Gasteiger partial charge in [-0.2, -0.15) is 5.10 Å². The number of imidazole rings is 1. The summed E-state index contributed by atoms with van der Waals surface area (Å²) in [6.45, 7) is 2.22. The molecule has 0 aliphatic heterocycles. The quantitative estimate of drug-likeness (QED) is 0.550. The van der Waals surface area contributed by atoms with Gasteiger partial charge in [0.2, 0.25) is 0 Å². The Kier molecular flexibility index (Phi) is 4.78. The second kappa shape index (κ2) is 7.74. The number of amides is 1. The number of nitrogens with one attached hydrogen (secondary N) is 1. The van der Waals surface area contributed by atoms with Crippen LogP contribution in [0.2, 0.25) is 0 Å². The zero-order valence-corrected chi connectivity index (χ0v) is 17.0. The van der Waals surface area contributed by atoms with Crippen molar-refractivity contribution in [3.8, 4) is 11.4 Å². The Balaban J connectivity index is 1.41. The highest BCUT2D eigenvalue weighted by Crippen LogP contribution is 2.33. The van der Waals surface area contributed by atoms with Gasteiger partial charge in [0, 0.05) is 12.4 Å². The fourth-order valence-electron chi connectivity index (χ4n) is 4.31. The van der Waals surface area contributed by atoms with Crippen molar-refractivity contribution in [1.82, 2.24) is 29.5 Å². The Morgan fingerprint density at radius 1 is 1.17 bits per heavy atom. The van der Waals surface area contributed by atoms with E-state index in [4.69, 9.17) is 5.10 Å². The van der Waals surface area contributed by atoms with E-state index in [2.05, 4.69) is 20.0 Å². The molecule has 0 radical (unpaired) electrons. The van der Waals surface area contributed by atoms with E-state index in [1.54, 1.807) is 6.20 Å². The van der Waals surface area contributed by atoms with Crippen LogP contribution < -0.4 is 5.32 Å². The van der Waals surface area contributed by atoms with Crippen LogP contribution in [0, 0.1) is 6.92 Å². The summed E-state index contributed by atoms with van der Waals surface area (Å²) in [5, 5.41) is 7.87. The van der Waals surface area contributed by atoms with E-state index in [-0.39, 0.29) is 5.91 Å². The van der Waals surface area contributed by atoms with Crippen molar-refractivity contribution in [3.05, 3.63) is 71.9 Å². The van der Waals surface area contributed by atoms with E-state index < -0.39 is 0 Å². The van der Waals surface area contributed by atoms with E-state index in [1.165, 1.54) is 12.8 Å². The molecule has 0 atom stereocenters. The molecule has 152 valence electrons. The molecule has 4 heterocycles. The van der Waals surface area contributed by atoms with Crippen molar-refractivity contribution < 1.29 is 4.79 Å². The molecule has 1 N–H and O–H groups in total. The Hall–Kier alpha value is -3.48. The van der Waals surface area contributed by atoms with Crippen molar-refractivity contribution >= 4 is 11.6 Å². The van der Waals surface area contributed by atoms with Crippen molar-refractivity contribution in [1.29, 1.82) is 0 Å². The first-order chi connectivity index (χ1) is 14.7. The van der Waals surface area contributed by atoms with Crippen LogP contribution >= 0.6 is 0 Å². The van der Waals surface area contributed by atoms with Gasteiger partial charge in [0.15, 0.2) is 0 Å². The summed E-state index contributed by atoms with van der Waals surface area (Å²) in [6.07, 6.45) is 8.38. The minimum atomic E-state index is -0.152. The van der Waals surface area contributed by atoms with Gasteiger partial charge in [-0.3, -0.25) is 18.9 Å². The monoisotopic (exact) mass is 400 g/mol. The van der Waals surface area contributed by atoms with E-state index >= 15 is 0 Å². The molecular formula is C23H24N6O. The minimum absolute atomic E-state index is 0.152. The molecular weight excluding hydrogens is 376 g/mol. The predicted molar refractivity (Wildman–Crippen MR) is 114 cm³/mol. The van der Waals surface area contributed by atoms with Crippen LogP contribution in [-0.4, -0.2) is 30.1 Å². The number of aryl methyl sites for hydroxylation is 1. The van der Waals surface area contributed by atoms with Crippen LogP contribution in [0.3, 0.4) is 0 Å². The summed E-state index contributed by atoms with van der Waals surface area (Å²) in [7, 11) is 0. The van der Waals surface area contributed by atoms with E-state index in [9.17, 15) is 4.79 Å². The van der Waals surface area contributed by atoms with Crippen LogP contribution in [-0.2, 0) is 6.54 Å². The molecule has 1 amide bonds. The highest BCUT2D eigenvalue weighted by molar-refractivity contribution is 5.94. The van der Waals surface area contributed by atoms with Crippen LogP contribution in [0.1, 0.15) is 53.6 Å². The molecule has 30 heavy (non-hydrogen) atoms. The van der Waals surface area contributed by atoms with Crippen molar-refractivity contribution in [2.24, 2.45) is 0 Å². The maximum atomic E-state index is 12.9. The third kappa shape index (κ3) is 3.36. The fourth-order valence-corrected chi connectivity index (χ4v) is 4.31. The maximum absolute atomic E-state index is 12.9. The minimum Gasteiger partial charge on any atom is -0.345 e. The number of fused-ring (bicyclic) bond motifs is 1. The lowest BCUT2D eigenvalue weighted by atomic mass is 10.2. The molecule has 5 rings (SSSR count). The van der Waals surface area contributed by atoms with Gasteiger partial charge in [0.05, 0.1) is 35.4 Å². The first-order valence-electron chi connectivity index (χ1n) is 10.4. The lowest BCUT2D eigenvalue weighted by molar-refractivity contribution is 0.0943. The highest BCUT2D eigenvalue weighted by Gasteiger charge is 2.23. The van der Waals surface area contributed by atoms with Gasteiger partial charge in [0.1, 0.15) is 11.3 Å². The lowest BCUT2D eigenvalue weighted by Gasteiger charge is -2.13. The summed E-state index contributed by atoms with van der Waals surface area (Å²) in [6, 6.07) is 14.1. The van der Waals surface area contributed by atoms with E-state index in [0.717, 1.165) is 35.6 Å². The van der Waals surface area contributed by atoms with Crippen molar-refractivity contribution in [2.75, 3.05) is 0 Å². The number of nitrogens with zero attached hydrogens (tertiary/aromatic N) is 5. The lowest BCUT2D eigenvalue weighted by Crippen LogP contribution is -2.25. The van der Waals surface area contributed by atoms with Gasteiger partial charge >= 0.3 is 0 Å². The second-order valence-corrected chi connectivity index (χ2v) is 7.78. The Morgan fingerprint density at radius 3 is 2.80 bits per heavy atom. The van der Waals surface area contributed by atoms with Crippen molar-refractivity contribution in [3.63, 3.8) is 0 Å². The standard InChI is InChI=1S/C23H24N6O/c1-16-22(28-13-7-5-11-21(28)26-16)23(30)25-15-17-14-20(19-10-4-6-12-24-19)29(27-17)18-8-2-3-9-18/h4-7,10-14,18H,2-3,8-9,15H2,1H3,(H,25,30). The van der Waals surface area contributed by atoms with Gasteiger partial charge in [-0.25, -0.2) is 4.98 Å². The molecule has 7 heteroatoms. The van der Waals surface area contributed by atoms with Crippen LogP contribution in [0.25, 0.3) is 17.0 Å². The summed E-state index contributed by atoms with van der Waals surface area (Å²) < 4.78 is 3.93. The molecule has 7 nitrogen and oxygen atoms in total. The number of hydrogen-bond acceptors (Lipinski definition) is 4. The third-order valence-corrected chi connectivity index (χ3v) is 5.73.